The number of aryl methyl sites for hydroxylation is 2. The van der Waals surface area contributed by atoms with Gasteiger partial charge in [0.1, 0.15) is 51.4 Å². The van der Waals surface area contributed by atoms with Crippen LogP contribution in [0.5, 0.6) is 46.0 Å². The summed E-state index contributed by atoms with van der Waals surface area (Å²) in [6, 6.07) is 55.4. The Hall–Kier alpha value is -13.6. The zero-order valence-electron chi connectivity index (χ0n) is 75.1. The van der Waals surface area contributed by atoms with E-state index >= 15 is 0 Å². The number of hydrogen-bond acceptors (Lipinski definition) is 21. The predicted octanol–water partition coefficient (Wildman–Crippen LogP) is 22.2. The van der Waals surface area contributed by atoms with Crippen molar-refractivity contribution < 1.29 is 46.7 Å². The Morgan fingerprint density at radius 1 is 0.368 bits per heavy atom. The second-order valence-corrected chi connectivity index (χ2v) is 38.2. The molecule has 0 amide bonds. The summed E-state index contributed by atoms with van der Waals surface area (Å²) < 4.78 is 78.3. The molecular formula is C105H105N17O10S. The first-order valence-electron chi connectivity index (χ1n) is 46.4. The average Bonchev–Trinajstić information content (AvgIpc) is 1.73. The lowest BCUT2D eigenvalue weighted by molar-refractivity contribution is 0.0739. The Kier molecular flexibility index (Phi) is 24.1. The van der Waals surface area contributed by atoms with Gasteiger partial charge in [0.25, 0.3) is 0 Å². The maximum atomic E-state index is 11.8. The summed E-state index contributed by atoms with van der Waals surface area (Å²) in [4.78, 5) is 23.0. The highest BCUT2D eigenvalue weighted by Gasteiger charge is 2.35. The molecule has 6 aromatic carbocycles. The van der Waals surface area contributed by atoms with Crippen molar-refractivity contribution in [2.45, 2.75) is 170 Å². The van der Waals surface area contributed by atoms with Crippen LogP contribution in [-0.2, 0) is 43.2 Å². The molecule has 11 aromatic heterocycles. The van der Waals surface area contributed by atoms with E-state index in [1.807, 2.05) is 139 Å². The number of aliphatic hydroxyl groups is 1. The van der Waals surface area contributed by atoms with Crippen LogP contribution in [0.2, 0.25) is 0 Å². The minimum absolute atomic E-state index is 0.308. The molecule has 17 aromatic rings. The number of benzene rings is 6. The van der Waals surface area contributed by atoms with Crippen LogP contribution in [-0.4, -0.2) is 143 Å². The van der Waals surface area contributed by atoms with Crippen LogP contribution in [0.3, 0.4) is 0 Å². The number of fused-ring (bicyclic) bond motifs is 4. The highest BCUT2D eigenvalue weighted by atomic mass is 32.2. The van der Waals surface area contributed by atoms with Gasteiger partial charge in [-0.05, 0) is 241 Å². The summed E-state index contributed by atoms with van der Waals surface area (Å²) in [7, 11) is -1.31. The number of hydrogen-bond donors (Lipinski definition) is 1. The van der Waals surface area contributed by atoms with Crippen molar-refractivity contribution >= 4 is 53.4 Å². The highest BCUT2D eigenvalue weighted by molar-refractivity contribution is 7.90. The highest BCUT2D eigenvalue weighted by Crippen LogP contribution is 2.48. The number of pyridine rings is 5. The first-order valence-corrected chi connectivity index (χ1v) is 48.3. The first-order chi connectivity index (χ1) is 64.9. The van der Waals surface area contributed by atoms with E-state index in [1.165, 1.54) is 57.6 Å². The number of sulfone groups is 1. The summed E-state index contributed by atoms with van der Waals surface area (Å²) in [6.45, 7) is 11.0. The summed E-state index contributed by atoms with van der Waals surface area (Å²) in [5.41, 5.74) is 16.4. The maximum absolute atomic E-state index is 11.8. The fourth-order valence-electron chi connectivity index (χ4n) is 17.6. The van der Waals surface area contributed by atoms with E-state index in [1.54, 1.807) is 55.4 Å². The van der Waals surface area contributed by atoms with Gasteiger partial charge < -0.3 is 38.3 Å². The van der Waals surface area contributed by atoms with E-state index < -0.39 is 15.4 Å². The van der Waals surface area contributed by atoms with Crippen molar-refractivity contribution in [3.05, 3.63) is 267 Å². The first kappa shape index (κ1) is 86.1. The minimum atomic E-state index is -3.23. The van der Waals surface area contributed by atoms with Gasteiger partial charge in [-0.2, -0.15) is 30.6 Å². The Bertz CT molecular complexity index is 7190. The zero-order chi connectivity index (χ0) is 90.3. The molecule has 1 N–H and O–H groups in total. The standard InChI is InChI=1S/C28H30N4O3.C27H27N3O4S.C25H27N5O2.C25H21N5O/c1-28(2,33)26-16-20(7-11-30-26)19-3-6-22-23(15-19)29-12-8-24(22)35-25-17-32(21-4-5-21)31-27(25)18-9-13-34-14-10-18;1-35(31,32)22-7-2-18(3-8-22)20-4-9-23-24(16-20)28-13-10-25(23)34-26-17-30(21-5-6-21)29-27(26)19-11-14-33-15-12-19;1-2-29-15-19(14-27-29)18-3-6-21-22(13-18)26-10-7-23(21)32-24-16-30(20-4-5-20)28-25(24)17-8-11-31-12-9-17;1-29-15-19(14-27-29)18-7-10-21-22(13-18)26-12-11-23(21)31-24-16-30(20-8-9-20)28-25(24)17-5-3-2-4-6-17/h3,6-8,11-12,15-18,21,33H,4-5,9-10,13-14H2,1-2H3;2-4,7-10,13,16-17,19,21H,5-6,11-12,14-15H2,1H3;3,6-7,10,13-17,20H,2,4-5,8-9,11-12H2,1H3;2-7,10-16,20H,8-9H2,1H3. The van der Waals surface area contributed by atoms with E-state index in [-0.39, 0.29) is 0 Å². The second-order valence-electron chi connectivity index (χ2n) is 36.2. The summed E-state index contributed by atoms with van der Waals surface area (Å²) in [5.74, 6) is 7.48. The number of ether oxygens (including phenoxy) is 7. The van der Waals surface area contributed by atoms with Crippen LogP contribution >= 0.6 is 0 Å². The fourth-order valence-corrected chi connectivity index (χ4v) is 18.3. The van der Waals surface area contributed by atoms with Gasteiger partial charge in [0, 0.05) is 159 Å². The molecule has 7 aliphatic rings. The summed E-state index contributed by atoms with van der Waals surface area (Å²) in [5, 5.41) is 42.5. The van der Waals surface area contributed by atoms with Crippen molar-refractivity contribution in [2.24, 2.45) is 7.05 Å². The zero-order valence-corrected chi connectivity index (χ0v) is 75.9. The van der Waals surface area contributed by atoms with Crippen LogP contribution in [0.25, 0.3) is 99.4 Å². The van der Waals surface area contributed by atoms with Crippen LogP contribution in [0, 0.1) is 0 Å². The molecule has 14 heterocycles. The van der Waals surface area contributed by atoms with Crippen molar-refractivity contribution in [1.82, 2.24) is 83.6 Å². The molecule has 4 aliphatic carbocycles. The molecule has 28 heteroatoms. The number of nitrogens with zero attached hydrogens (tertiary/aromatic N) is 17. The number of aromatic nitrogens is 17. The third-order valence-electron chi connectivity index (χ3n) is 25.8. The molecule has 3 saturated heterocycles. The van der Waals surface area contributed by atoms with E-state index in [2.05, 4.69) is 141 Å². The van der Waals surface area contributed by atoms with Gasteiger partial charge >= 0.3 is 0 Å². The molecule has 4 saturated carbocycles. The van der Waals surface area contributed by atoms with E-state index in [0.717, 1.165) is 247 Å². The molecule has 24 rings (SSSR count). The molecule has 3 aliphatic heterocycles. The van der Waals surface area contributed by atoms with Gasteiger partial charge in [-0.25, -0.2) is 8.42 Å². The molecule has 0 radical (unpaired) electrons. The predicted molar refractivity (Wildman–Crippen MR) is 509 cm³/mol. The second kappa shape index (κ2) is 37.2. The lowest BCUT2D eigenvalue weighted by atomic mass is 9.96. The summed E-state index contributed by atoms with van der Waals surface area (Å²) >= 11 is 0. The van der Waals surface area contributed by atoms with Crippen LogP contribution < -0.4 is 18.9 Å². The SMILES string of the molecule is CC(C)(O)c1cc(-c2ccc3c(Oc4cn(C5CC5)nc4C4CCOCC4)ccnc3c2)ccn1.CCn1cc(-c2ccc3c(Oc4cn(C5CC5)nc4C4CCOCC4)ccnc3c2)cn1.CS(=O)(=O)c1ccc(-c2ccc3c(Oc4cn(C5CC5)nc4C4CCOCC4)ccnc3c2)cc1.Cn1cc(-c2ccc3c(Oc4cn(C5CC5)nc4-c4ccccc4)ccnc3c2)cn1. The molecular weight excluding hydrogens is 1690 g/mol. The molecule has 676 valence electrons. The quantitative estimate of drug-likeness (QED) is 0.0622. The van der Waals surface area contributed by atoms with Gasteiger partial charge in [-0.3, -0.25) is 53.0 Å². The van der Waals surface area contributed by atoms with Crippen molar-refractivity contribution in [2.75, 3.05) is 45.9 Å². The monoisotopic (exact) mass is 1800 g/mol. The van der Waals surface area contributed by atoms with Gasteiger partial charge in [-0.15, -0.1) is 0 Å². The Balaban J connectivity index is 0.000000107. The summed E-state index contributed by atoms with van der Waals surface area (Å²) in [6.07, 6.45) is 41.4. The van der Waals surface area contributed by atoms with Crippen molar-refractivity contribution in [3.63, 3.8) is 0 Å². The molecule has 0 spiro atoms. The van der Waals surface area contributed by atoms with Crippen LogP contribution in [0.4, 0.5) is 0 Å². The maximum Gasteiger partial charge on any atom is 0.175 e. The molecule has 0 bridgehead atoms. The molecule has 133 heavy (non-hydrogen) atoms. The number of rotatable bonds is 23. The Morgan fingerprint density at radius 3 is 1.10 bits per heavy atom. The van der Waals surface area contributed by atoms with E-state index in [0.29, 0.717) is 52.5 Å². The third kappa shape index (κ3) is 19.5. The average molecular weight is 1800 g/mol. The van der Waals surface area contributed by atoms with Gasteiger partial charge in [0.2, 0.25) is 0 Å². The Morgan fingerprint density at radius 2 is 0.722 bits per heavy atom. The largest absolute Gasteiger partial charge is 0.453 e. The van der Waals surface area contributed by atoms with Crippen molar-refractivity contribution in [3.8, 4) is 102 Å². The van der Waals surface area contributed by atoms with Gasteiger partial charge in [0.05, 0.1) is 94.0 Å². The van der Waals surface area contributed by atoms with E-state index in [9.17, 15) is 13.5 Å². The van der Waals surface area contributed by atoms with Gasteiger partial charge in [-0.1, -0.05) is 66.7 Å². The third-order valence-corrected chi connectivity index (χ3v) is 26.9. The van der Waals surface area contributed by atoms with Crippen LogP contribution in [0.1, 0.15) is 175 Å². The fraction of sp³-hybridized carbons (Fsp3) is 0.324. The molecule has 0 atom stereocenters. The lowest BCUT2D eigenvalue weighted by Crippen LogP contribution is -2.17. The molecule has 7 fully saturated rings. The van der Waals surface area contributed by atoms with Crippen LogP contribution in [0.15, 0.2) is 249 Å². The normalized spacial score (nSPS) is 16.3. The smallest absolute Gasteiger partial charge is 0.175 e. The van der Waals surface area contributed by atoms with E-state index in [4.69, 9.17) is 53.6 Å². The van der Waals surface area contributed by atoms with Gasteiger partial charge in [0.15, 0.2) is 32.8 Å². The molecule has 0 unspecified atom stereocenters. The lowest BCUT2D eigenvalue weighted by Gasteiger charge is -2.21. The van der Waals surface area contributed by atoms with Crippen molar-refractivity contribution in [1.29, 1.82) is 0 Å². The minimum Gasteiger partial charge on any atom is -0.453 e. The Labute approximate surface area is 770 Å². The topological polar surface area (TPSA) is 290 Å². The molecule has 27 nitrogen and oxygen atoms in total.